The first-order chi connectivity index (χ1) is 5.54. The molecule has 1 nitrogen and oxygen atoms in total. The maximum atomic E-state index is 12.4. The molecule has 0 unspecified atom stereocenters. The van der Waals surface area contributed by atoms with E-state index < -0.39 is 5.38 Å². The number of nitrogens with zero attached hydrogens (tertiary/aromatic N) is 1. The molecular weight excluding hydrogens is 184 g/mol. The summed E-state index contributed by atoms with van der Waals surface area (Å²) in [6.07, 6.45) is 0. The molecule has 62 valence electrons. The van der Waals surface area contributed by atoms with Crippen molar-refractivity contribution >= 4 is 11.6 Å². The Bertz CT molecular complexity index is 325. The zero-order valence-electron chi connectivity index (χ0n) is 5.89. The van der Waals surface area contributed by atoms with E-state index in [4.69, 9.17) is 16.9 Å². The van der Waals surface area contributed by atoms with E-state index >= 15 is 0 Å². The maximum Gasteiger partial charge on any atom is 0.348 e. The van der Waals surface area contributed by atoms with Crippen LogP contribution in [0.4, 0.5) is 8.78 Å². The summed E-state index contributed by atoms with van der Waals surface area (Å²) in [5, 5.41) is 4.99. The first-order valence-electron chi connectivity index (χ1n) is 3.11. The molecule has 0 amide bonds. The SMILES string of the molecule is N#Cc1cccc(C(F)(F)Cl)c1. The van der Waals surface area contributed by atoms with Gasteiger partial charge in [-0.1, -0.05) is 12.1 Å². The molecule has 0 aromatic heterocycles. The van der Waals surface area contributed by atoms with E-state index in [2.05, 4.69) is 0 Å². The molecule has 0 bridgehead atoms. The van der Waals surface area contributed by atoms with Crippen molar-refractivity contribution in [1.82, 2.24) is 0 Å². The molecule has 0 atom stereocenters. The molecular formula is C8H4ClF2N. The Morgan fingerprint density at radius 2 is 2.08 bits per heavy atom. The lowest BCUT2D eigenvalue weighted by molar-refractivity contribution is 0.0951. The Labute approximate surface area is 73.2 Å². The highest BCUT2D eigenvalue weighted by molar-refractivity contribution is 6.21. The lowest BCUT2D eigenvalue weighted by Crippen LogP contribution is -2.02. The largest absolute Gasteiger partial charge is 0.348 e. The monoisotopic (exact) mass is 187 g/mol. The molecule has 0 aliphatic carbocycles. The summed E-state index contributed by atoms with van der Waals surface area (Å²) in [5.74, 6) is 0. The second-order valence-electron chi connectivity index (χ2n) is 2.19. The predicted octanol–water partition coefficient (Wildman–Crippen LogP) is 2.85. The van der Waals surface area contributed by atoms with Gasteiger partial charge in [0.15, 0.2) is 0 Å². The van der Waals surface area contributed by atoms with Crippen LogP contribution in [0.3, 0.4) is 0 Å². The molecule has 1 aromatic rings. The molecule has 12 heavy (non-hydrogen) atoms. The second-order valence-corrected chi connectivity index (χ2v) is 2.67. The van der Waals surface area contributed by atoms with Gasteiger partial charge < -0.3 is 0 Å². The number of benzene rings is 1. The van der Waals surface area contributed by atoms with Crippen molar-refractivity contribution in [1.29, 1.82) is 5.26 Å². The lowest BCUT2D eigenvalue weighted by Gasteiger charge is -2.06. The molecule has 4 heteroatoms. The Morgan fingerprint density at radius 1 is 1.42 bits per heavy atom. The lowest BCUT2D eigenvalue weighted by atomic mass is 10.1. The van der Waals surface area contributed by atoms with Crippen LogP contribution in [-0.4, -0.2) is 0 Å². The quantitative estimate of drug-likeness (QED) is 0.621. The number of halogens is 3. The number of alkyl halides is 3. The molecule has 0 spiro atoms. The van der Waals surface area contributed by atoms with Gasteiger partial charge in [0.1, 0.15) is 0 Å². The molecule has 0 saturated heterocycles. The van der Waals surface area contributed by atoms with Crippen molar-refractivity contribution in [2.75, 3.05) is 0 Å². The van der Waals surface area contributed by atoms with Gasteiger partial charge in [0, 0.05) is 5.56 Å². The average molecular weight is 188 g/mol. The first kappa shape index (κ1) is 8.95. The minimum absolute atomic E-state index is 0.174. The number of nitriles is 1. The Morgan fingerprint density at radius 3 is 2.58 bits per heavy atom. The molecule has 0 N–H and O–H groups in total. The van der Waals surface area contributed by atoms with Crippen LogP contribution in [-0.2, 0) is 5.38 Å². The first-order valence-corrected chi connectivity index (χ1v) is 3.49. The van der Waals surface area contributed by atoms with Gasteiger partial charge in [-0.2, -0.15) is 14.0 Å². The van der Waals surface area contributed by atoms with Crippen molar-refractivity contribution in [3.05, 3.63) is 35.4 Å². The summed E-state index contributed by atoms with van der Waals surface area (Å²) in [4.78, 5) is 0. The van der Waals surface area contributed by atoms with E-state index in [0.29, 0.717) is 0 Å². The third-order valence-corrected chi connectivity index (χ3v) is 1.54. The topological polar surface area (TPSA) is 23.8 Å². The number of hydrogen-bond acceptors (Lipinski definition) is 1. The van der Waals surface area contributed by atoms with Gasteiger partial charge in [-0.05, 0) is 23.7 Å². The van der Waals surface area contributed by atoms with Gasteiger partial charge in [-0.25, -0.2) is 0 Å². The van der Waals surface area contributed by atoms with Crippen LogP contribution in [0.15, 0.2) is 24.3 Å². The van der Waals surface area contributed by atoms with E-state index in [1.165, 1.54) is 18.2 Å². The molecule has 0 fully saturated rings. The third-order valence-electron chi connectivity index (χ3n) is 1.32. The highest BCUT2D eigenvalue weighted by Gasteiger charge is 2.27. The zero-order valence-corrected chi connectivity index (χ0v) is 6.65. The summed E-state index contributed by atoms with van der Waals surface area (Å²) in [5.41, 5.74) is -0.184. The van der Waals surface area contributed by atoms with Gasteiger partial charge in [0.05, 0.1) is 11.6 Å². The normalized spacial score (nSPS) is 10.8. The Balaban J connectivity index is 3.13. The standard InChI is InChI=1S/C8H4ClF2N/c9-8(10,11)7-3-1-2-6(4-7)5-12/h1-4H. The van der Waals surface area contributed by atoms with Crippen LogP contribution in [0.25, 0.3) is 0 Å². The molecule has 0 aliphatic rings. The summed E-state index contributed by atoms with van der Waals surface area (Å²) < 4.78 is 24.9. The molecule has 0 radical (unpaired) electrons. The van der Waals surface area contributed by atoms with Crippen molar-refractivity contribution in [2.24, 2.45) is 0 Å². The highest BCUT2D eigenvalue weighted by Crippen LogP contribution is 2.32. The fourth-order valence-electron chi connectivity index (χ4n) is 0.765. The van der Waals surface area contributed by atoms with Crippen LogP contribution in [0, 0.1) is 11.3 Å². The average Bonchev–Trinajstić information content (AvgIpc) is 2.03. The van der Waals surface area contributed by atoms with Crippen LogP contribution >= 0.6 is 11.6 Å². The highest BCUT2D eigenvalue weighted by atomic mass is 35.5. The Hall–Kier alpha value is -1.14. The molecule has 1 aromatic carbocycles. The minimum Gasteiger partial charge on any atom is -0.192 e. The molecule has 0 aliphatic heterocycles. The summed E-state index contributed by atoms with van der Waals surface area (Å²) >= 11 is 4.74. The van der Waals surface area contributed by atoms with Gasteiger partial charge in [-0.3, -0.25) is 0 Å². The van der Waals surface area contributed by atoms with E-state index in [0.717, 1.165) is 6.07 Å². The fourth-order valence-corrected chi connectivity index (χ4v) is 0.883. The van der Waals surface area contributed by atoms with Crippen LogP contribution in [0.5, 0.6) is 0 Å². The molecule has 0 heterocycles. The van der Waals surface area contributed by atoms with E-state index in [1.54, 1.807) is 6.07 Å². The van der Waals surface area contributed by atoms with Crippen LogP contribution in [0.2, 0.25) is 0 Å². The van der Waals surface area contributed by atoms with Crippen LogP contribution in [0.1, 0.15) is 11.1 Å². The van der Waals surface area contributed by atoms with Gasteiger partial charge in [0.25, 0.3) is 0 Å². The van der Waals surface area contributed by atoms with Crippen molar-refractivity contribution < 1.29 is 8.78 Å². The van der Waals surface area contributed by atoms with Gasteiger partial charge in [0.2, 0.25) is 0 Å². The zero-order chi connectivity index (χ0) is 9.19. The summed E-state index contributed by atoms with van der Waals surface area (Å²) in [6.45, 7) is 0. The molecule has 1 rings (SSSR count). The van der Waals surface area contributed by atoms with Crippen molar-refractivity contribution in [3.63, 3.8) is 0 Å². The van der Waals surface area contributed by atoms with E-state index in [9.17, 15) is 8.78 Å². The molecule has 0 saturated carbocycles. The summed E-state index contributed by atoms with van der Waals surface area (Å²) in [7, 11) is 0. The minimum atomic E-state index is -3.40. The fraction of sp³-hybridized carbons (Fsp3) is 0.125. The Kier molecular flexibility index (Phi) is 2.30. The summed E-state index contributed by atoms with van der Waals surface area (Å²) in [6, 6.07) is 6.79. The van der Waals surface area contributed by atoms with Crippen molar-refractivity contribution in [2.45, 2.75) is 5.38 Å². The third kappa shape index (κ3) is 1.93. The van der Waals surface area contributed by atoms with Crippen LogP contribution < -0.4 is 0 Å². The van der Waals surface area contributed by atoms with Gasteiger partial charge in [-0.15, -0.1) is 0 Å². The number of hydrogen-bond donors (Lipinski definition) is 0. The van der Waals surface area contributed by atoms with E-state index in [-0.39, 0.29) is 11.1 Å². The van der Waals surface area contributed by atoms with E-state index in [1.807, 2.05) is 0 Å². The number of rotatable bonds is 1. The second kappa shape index (κ2) is 3.08. The smallest absolute Gasteiger partial charge is 0.192 e. The predicted molar refractivity (Wildman–Crippen MR) is 40.9 cm³/mol. The maximum absolute atomic E-state index is 12.4. The van der Waals surface area contributed by atoms with Gasteiger partial charge >= 0.3 is 5.38 Å². The van der Waals surface area contributed by atoms with Crippen molar-refractivity contribution in [3.8, 4) is 6.07 Å².